The van der Waals surface area contributed by atoms with Gasteiger partial charge in [-0.2, -0.15) is 18.3 Å². The highest BCUT2D eigenvalue weighted by atomic mass is 19.4. The lowest BCUT2D eigenvalue weighted by molar-refractivity contribution is -0.141. The molecule has 3 aromatic rings. The van der Waals surface area contributed by atoms with Gasteiger partial charge in [0.15, 0.2) is 5.69 Å². The third-order valence-corrected chi connectivity index (χ3v) is 6.67. The molecule has 3 heterocycles. The zero-order chi connectivity index (χ0) is 27.2. The fourth-order valence-electron chi connectivity index (χ4n) is 4.61. The molecule has 1 aliphatic heterocycles. The summed E-state index contributed by atoms with van der Waals surface area (Å²) in [5.41, 5.74) is 0.225. The topological polar surface area (TPSA) is 96.1 Å². The lowest BCUT2D eigenvalue weighted by Crippen LogP contribution is -2.31. The Balaban J connectivity index is 1.52. The molecular formula is C26H26F4N6O2. The molecule has 0 radical (unpaired) electrons. The van der Waals surface area contributed by atoms with E-state index in [9.17, 15) is 22.4 Å². The maximum absolute atomic E-state index is 13.9. The Morgan fingerprint density at radius 1 is 1.26 bits per heavy atom. The van der Waals surface area contributed by atoms with Crippen LogP contribution in [0.2, 0.25) is 0 Å². The second kappa shape index (κ2) is 9.73. The van der Waals surface area contributed by atoms with Crippen molar-refractivity contribution in [1.29, 1.82) is 5.41 Å². The molecule has 2 N–H and O–H groups in total. The van der Waals surface area contributed by atoms with Crippen LogP contribution >= 0.6 is 0 Å². The summed E-state index contributed by atoms with van der Waals surface area (Å²) in [5, 5.41) is 14.5. The molecule has 0 spiro atoms. The van der Waals surface area contributed by atoms with Gasteiger partial charge in [0, 0.05) is 19.8 Å². The number of carbonyl (C=O) groups is 1. The quantitative estimate of drug-likeness (QED) is 0.436. The molecule has 5 rings (SSSR count). The standard InChI is InChI=1S/C26H26F4N6O2/c1-14-9-17(5-6-19(14)27)22(16-3-4-16)33-24(37)21-11-15(12-36-7-8-38-25(36)31)10-20(32-21)18-13-35(2)34-23(18)26(28,29)30/h5-6,9-11,13,16,22,31H,3-4,7-8,12H2,1-2H3,(H,33,37). The van der Waals surface area contributed by atoms with Crippen LogP contribution in [0.5, 0.6) is 0 Å². The average molecular weight is 531 g/mol. The van der Waals surface area contributed by atoms with E-state index in [2.05, 4.69) is 15.4 Å². The number of carbonyl (C=O) groups excluding carboxylic acids is 1. The fraction of sp³-hybridized carbons (Fsp3) is 0.385. The van der Waals surface area contributed by atoms with Crippen molar-refractivity contribution in [1.82, 2.24) is 25.0 Å². The molecule has 2 fully saturated rings. The number of amidine groups is 1. The molecule has 1 unspecified atom stereocenters. The zero-order valence-electron chi connectivity index (χ0n) is 20.8. The van der Waals surface area contributed by atoms with Crippen molar-refractivity contribution >= 4 is 11.9 Å². The molecule has 1 amide bonds. The van der Waals surface area contributed by atoms with Crippen molar-refractivity contribution in [3.8, 4) is 11.3 Å². The van der Waals surface area contributed by atoms with Gasteiger partial charge in [-0.3, -0.25) is 14.9 Å². The van der Waals surface area contributed by atoms with Crippen molar-refractivity contribution < 1.29 is 27.1 Å². The van der Waals surface area contributed by atoms with Crippen LogP contribution in [0.1, 0.15) is 51.8 Å². The largest absolute Gasteiger partial charge is 0.463 e. The zero-order valence-corrected chi connectivity index (χ0v) is 20.8. The number of halogens is 4. The van der Waals surface area contributed by atoms with Gasteiger partial charge >= 0.3 is 6.18 Å². The van der Waals surface area contributed by atoms with Gasteiger partial charge in [0.2, 0.25) is 0 Å². The predicted octanol–water partition coefficient (Wildman–Crippen LogP) is 4.60. The number of aryl methyl sites for hydroxylation is 2. The van der Waals surface area contributed by atoms with E-state index < -0.39 is 17.8 Å². The molecule has 1 aliphatic carbocycles. The minimum Gasteiger partial charge on any atom is -0.463 e. The number of amides is 1. The minimum atomic E-state index is -4.72. The molecule has 12 heteroatoms. The Morgan fingerprint density at radius 2 is 2.03 bits per heavy atom. The Kier molecular flexibility index (Phi) is 6.58. The average Bonchev–Trinajstić information content (AvgIpc) is 3.50. The van der Waals surface area contributed by atoms with E-state index in [-0.39, 0.29) is 47.3 Å². The Hall–Kier alpha value is -3.96. The number of hydrogen-bond donors (Lipinski definition) is 2. The van der Waals surface area contributed by atoms with Crippen LogP contribution in [0.3, 0.4) is 0 Å². The Morgan fingerprint density at radius 3 is 2.66 bits per heavy atom. The van der Waals surface area contributed by atoms with E-state index in [0.29, 0.717) is 24.3 Å². The molecule has 0 bridgehead atoms. The third-order valence-electron chi connectivity index (χ3n) is 6.67. The van der Waals surface area contributed by atoms with E-state index >= 15 is 0 Å². The van der Waals surface area contributed by atoms with Crippen molar-refractivity contribution in [3.05, 3.63) is 70.4 Å². The highest BCUT2D eigenvalue weighted by Gasteiger charge is 2.38. The van der Waals surface area contributed by atoms with Crippen LogP contribution in [0, 0.1) is 24.1 Å². The summed E-state index contributed by atoms with van der Waals surface area (Å²) >= 11 is 0. The number of benzene rings is 1. The number of pyridine rings is 1. The summed E-state index contributed by atoms with van der Waals surface area (Å²) < 4.78 is 61.3. The maximum atomic E-state index is 13.9. The summed E-state index contributed by atoms with van der Waals surface area (Å²) in [4.78, 5) is 19.4. The lowest BCUT2D eigenvalue weighted by Gasteiger charge is -2.20. The monoisotopic (exact) mass is 530 g/mol. The normalized spacial score (nSPS) is 16.5. The number of ether oxygens (including phenoxy) is 1. The van der Waals surface area contributed by atoms with Crippen LogP contribution < -0.4 is 5.32 Å². The highest BCUT2D eigenvalue weighted by molar-refractivity contribution is 5.93. The fourth-order valence-corrected chi connectivity index (χ4v) is 4.61. The first-order chi connectivity index (χ1) is 18.0. The van der Waals surface area contributed by atoms with Crippen LogP contribution in [0.15, 0.2) is 36.5 Å². The van der Waals surface area contributed by atoms with Gasteiger partial charge in [-0.05, 0) is 60.6 Å². The number of rotatable bonds is 7. The molecule has 38 heavy (non-hydrogen) atoms. The third kappa shape index (κ3) is 5.34. The van der Waals surface area contributed by atoms with Gasteiger partial charge < -0.3 is 15.0 Å². The van der Waals surface area contributed by atoms with E-state index in [1.165, 1.54) is 31.4 Å². The lowest BCUT2D eigenvalue weighted by atomic mass is 9.99. The van der Waals surface area contributed by atoms with Gasteiger partial charge in [-0.1, -0.05) is 12.1 Å². The van der Waals surface area contributed by atoms with Crippen molar-refractivity contribution in [3.63, 3.8) is 0 Å². The molecule has 2 aromatic heterocycles. The molecule has 8 nitrogen and oxygen atoms in total. The van der Waals surface area contributed by atoms with Crippen LogP contribution in [-0.4, -0.2) is 44.7 Å². The Labute approximate surface area is 216 Å². The van der Waals surface area contributed by atoms with Gasteiger partial charge in [0.25, 0.3) is 11.9 Å². The summed E-state index contributed by atoms with van der Waals surface area (Å²) in [5.74, 6) is -0.733. The SMILES string of the molecule is Cc1cc(C(NC(=O)c2cc(CN3CCOC3=N)cc(-c3cn(C)nc3C(F)(F)F)n2)C2CC2)ccc1F. The van der Waals surface area contributed by atoms with Crippen molar-refractivity contribution in [2.24, 2.45) is 13.0 Å². The number of alkyl halides is 3. The highest BCUT2D eigenvalue weighted by Crippen LogP contribution is 2.41. The van der Waals surface area contributed by atoms with Gasteiger partial charge in [-0.25, -0.2) is 9.37 Å². The van der Waals surface area contributed by atoms with Gasteiger partial charge in [0.1, 0.15) is 18.1 Å². The minimum absolute atomic E-state index is 0.0489. The van der Waals surface area contributed by atoms with Gasteiger partial charge in [0.05, 0.1) is 23.8 Å². The van der Waals surface area contributed by atoms with E-state index in [4.69, 9.17) is 10.1 Å². The molecule has 1 saturated heterocycles. The number of nitrogens with zero attached hydrogens (tertiary/aromatic N) is 4. The first kappa shape index (κ1) is 25.7. The van der Waals surface area contributed by atoms with Crippen molar-refractivity contribution in [2.45, 2.75) is 38.5 Å². The summed E-state index contributed by atoms with van der Waals surface area (Å²) in [6.07, 6.45) is -1.73. The molecule has 1 saturated carbocycles. The smallest absolute Gasteiger partial charge is 0.435 e. The van der Waals surface area contributed by atoms with E-state index in [1.54, 1.807) is 24.0 Å². The molecule has 1 atom stereocenters. The second-order valence-electron chi connectivity index (χ2n) is 9.68. The first-order valence-electron chi connectivity index (χ1n) is 12.1. The first-order valence-corrected chi connectivity index (χ1v) is 12.1. The van der Waals surface area contributed by atoms with Gasteiger partial charge in [-0.15, -0.1) is 0 Å². The number of aromatic nitrogens is 3. The summed E-state index contributed by atoms with van der Waals surface area (Å²) in [7, 11) is 1.38. The second-order valence-corrected chi connectivity index (χ2v) is 9.68. The molecule has 2 aliphatic rings. The molecule has 1 aromatic carbocycles. The van der Waals surface area contributed by atoms with E-state index in [1.807, 2.05) is 0 Å². The number of hydrogen-bond acceptors (Lipinski definition) is 5. The molecular weight excluding hydrogens is 504 g/mol. The Bertz CT molecular complexity index is 1400. The summed E-state index contributed by atoms with van der Waals surface area (Å²) in [6.45, 7) is 2.56. The predicted molar refractivity (Wildman–Crippen MR) is 130 cm³/mol. The molecule has 200 valence electrons. The van der Waals surface area contributed by atoms with Crippen molar-refractivity contribution in [2.75, 3.05) is 13.2 Å². The van der Waals surface area contributed by atoms with Crippen LogP contribution in [0.4, 0.5) is 17.6 Å². The van der Waals surface area contributed by atoms with Crippen LogP contribution in [-0.2, 0) is 24.5 Å². The number of nitrogens with one attached hydrogen (secondary N) is 2. The summed E-state index contributed by atoms with van der Waals surface area (Å²) in [6, 6.07) is 7.22. The van der Waals surface area contributed by atoms with E-state index in [0.717, 1.165) is 23.1 Å². The van der Waals surface area contributed by atoms with Crippen LogP contribution in [0.25, 0.3) is 11.3 Å². The maximum Gasteiger partial charge on any atom is 0.435 e.